The van der Waals surface area contributed by atoms with Crippen LogP contribution in [0.3, 0.4) is 0 Å². The van der Waals surface area contributed by atoms with E-state index in [-0.39, 0.29) is 17.1 Å². The lowest BCUT2D eigenvalue weighted by atomic mass is 10.1. The van der Waals surface area contributed by atoms with E-state index in [1.165, 1.54) is 0 Å². The summed E-state index contributed by atoms with van der Waals surface area (Å²) < 4.78 is 10.8. The fourth-order valence-corrected chi connectivity index (χ4v) is 1.96. The molecule has 1 atom stereocenters. The average Bonchev–Trinajstić information content (AvgIpc) is 2.76. The van der Waals surface area contributed by atoms with E-state index < -0.39 is 5.97 Å². The molecule has 0 amide bonds. The van der Waals surface area contributed by atoms with Crippen LogP contribution in [-0.2, 0) is 9.53 Å². The summed E-state index contributed by atoms with van der Waals surface area (Å²) >= 11 is 1.02. The smallest absolute Gasteiger partial charge is 0.314 e. The second-order valence-corrected chi connectivity index (χ2v) is 4.37. The Balaban J connectivity index is 1.93. The normalized spacial score (nSPS) is 20.9. The SMILES string of the molecule is O=C(O)CSc1nnc(C2CCCCO2)o1. The number of thioether (sulfide) groups is 1. The minimum atomic E-state index is -0.904. The van der Waals surface area contributed by atoms with Gasteiger partial charge in [-0.15, -0.1) is 10.2 Å². The van der Waals surface area contributed by atoms with Crippen LogP contribution in [0, 0.1) is 0 Å². The molecular weight excluding hydrogens is 232 g/mol. The lowest BCUT2D eigenvalue weighted by molar-refractivity contribution is -0.133. The van der Waals surface area contributed by atoms with E-state index in [0.29, 0.717) is 12.5 Å². The molecule has 0 aliphatic carbocycles. The van der Waals surface area contributed by atoms with Crippen LogP contribution in [0.15, 0.2) is 9.64 Å². The highest BCUT2D eigenvalue weighted by atomic mass is 32.2. The van der Waals surface area contributed by atoms with E-state index in [2.05, 4.69) is 10.2 Å². The molecule has 0 radical (unpaired) electrons. The number of carboxylic acids is 1. The van der Waals surface area contributed by atoms with Crippen LogP contribution in [0.25, 0.3) is 0 Å². The third-order valence-corrected chi connectivity index (χ3v) is 3.00. The van der Waals surface area contributed by atoms with Crippen molar-refractivity contribution in [3.8, 4) is 0 Å². The molecule has 1 N–H and O–H groups in total. The van der Waals surface area contributed by atoms with Gasteiger partial charge in [0, 0.05) is 6.61 Å². The van der Waals surface area contributed by atoms with Gasteiger partial charge in [0.1, 0.15) is 11.9 Å². The van der Waals surface area contributed by atoms with Crippen LogP contribution >= 0.6 is 11.8 Å². The number of carboxylic acid groups (broad SMARTS) is 1. The molecule has 0 bridgehead atoms. The number of ether oxygens (including phenoxy) is 1. The van der Waals surface area contributed by atoms with E-state index in [1.807, 2.05) is 0 Å². The topological polar surface area (TPSA) is 85.5 Å². The second kappa shape index (κ2) is 5.31. The van der Waals surface area contributed by atoms with Gasteiger partial charge < -0.3 is 14.3 Å². The highest BCUT2D eigenvalue weighted by Gasteiger charge is 2.22. The van der Waals surface area contributed by atoms with Crippen molar-refractivity contribution in [2.75, 3.05) is 12.4 Å². The monoisotopic (exact) mass is 244 g/mol. The minimum Gasteiger partial charge on any atom is -0.481 e. The molecule has 0 saturated carbocycles. The van der Waals surface area contributed by atoms with Crippen molar-refractivity contribution in [2.24, 2.45) is 0 Å². The zero-order chi connectivity index (χ0) is 11.4. The van der Waals surface area contributed by atoms with Crippen LogP contribution < -0.4 is 0 Å². The molecule has 1 aromatic heterocycles. The summed E-state index contributed by atoms with van der Waals surface area (Å²) in [4.78, 5) is 10.3. The van der Waals surface area contributed by atoms with Crippen molar-refractivity contribution in [3.63, 3.8) is 0 Å². The summed E-state index contributed by atoms with van der Waals surface area (Å²) in [7, 11) is 0. The standard InChI is InChI=1S/C9H12N2O4S/c12-7(13)5-16-9-11-10-8(15-9)6-3-1-2-4-14-6/h6H,1-5H2,(H,12,13). The molecule has 1 aliphatic heterocycles. The van der Waals surface area contributed by atoms with Gasteiger partial charge in [-0.3, -0.25) is 4.79 Å². The van der Waals surface area contributed by atoms with Gasteiger partial charge in [-0.05, 0) is 19.3 Å². The quantitative estimate of drug-likeness (QED) is 0.803. The third-order valence-electron chi connectivity index (χ3n) is 2.20. The molecule has 1 saturated heterocycles. The first-order valence-corrected chi connectivity index (χ1v) is 6.04. The first kappa shape index (κ1) is 11.4. The summed E-state index contributed by atoms with van der Waals surface area (Å²) in [5.74, 6) is -0.529. The van der Waals surface area contributed by atoms with Gasteiger partial charge in [-0.25, -0.2) is 0 Å². The first-order chi connectivity index (χ1) is 7.75. The van der Waals surface area contributed by atoms with Gasteiger partial charge in [0.05, 0.1) is 0 Å². The number of aromatic nitrogens is 2. The molecule has 16 heavy (non-hydrogen) atoms. The largest absolute Gasteiger partial charge is 0.481 e. The Morgan fingerprint density at radius 3 is 3.06 bits per heavy atom. The third kappa shape index (κ3) is 2.96. The molecule has 0 aromatic carbocycles. The van der Waals surface area contributed by atoms with Crippen molar-refractivity contribution < 1.29 is 19.1 Å². The number of carbonyl (C=O) groups is 1. The zero-order valence-corrected chi connectivity index (χ0v) is 9.40. The number of rotatable bonds is 4. The van der Waals surface area contributed by atoms with Gasteiger partial charge in [0.2, 0.25) is 5.89 Å². The fourth-order valence-electron chi connectivity index (χ4n) is 1.47. The molecular formula is C9H12N2O4S. The Morgan fingerprint density at radius 2 is 2.38 bits per heavy atom. The summed E-state index contributed by atoms with van der Waals surface area (Å²) in [6, 6.07) is 0. The van der Waals surface area contributed by atoms with E-state index >= 15 is 0 Å². The van der Waals surface area contributed by atoms with Crippen LogP contribution in [0.2, 0.25) is 0 Å². The molecule has 1 aliphatic rings. The van der Waals surface area contributed by atoms with E-state index in [4.69, 9.17) is 14.3 Å². The van der Waals surface area contributed by atoms with Gasteiger partial charge in [-0.1, -0.05) is 11.8 Å². The van der Waals surface area contributed by atoms with Gasteiger partial charge in [0.25, 0.3) is 5.22 Å². The summed E-state index contributed by atoms with van der Waals surface area (Å²) in [6.07, 6.45) is 2.90. The Labute approximate surface area is 96.4 Å². The maximum absolute atomic E-state index is 10.3. The molecule has 88 valence electrons. The minimum absolute atomic E-state index is 0.0762. The lowest BCUT2D eigenvalue weighted by Crippen LogP contribution is -2.11. The van der Waals surface area contributed by atoms with E-state index in [9.17, 15) is 4.79 Å². The highest BCUT2D eigenvalue weighted by Crippen LogP contribution is 2.28. The lowest BCUT2D eigenvalue weighted by Gasteiger charge is -2.18. The van der Waals surface area contributed by atoms with Crippen LogP contribution in [0.5, 0.6) is 0 Å². The fraction of sp³-hybridized carbons (Fsp3) is 0.667. The van der Waals surface area contributed by atoms with Crippen molar-refractivity contribution in [1.82, 2.24) is 10.2 Å². The summed E-state index contributed by atoms with van der Waals surface area (Å²) in [5, 5.41) is 16.4. The molecule has 1 unspecified atom stereocenters. The molecule has 1 fully saturated rings. The second-order valence-electron chi connectivity index (χ2n) is 3.44. The van der Waals surface area contributed by atoms with Crippen LogP contribution in [0.1, 0.15) is 31.3 Å². The predicted octanol–water partition coefficient (Wildman–Crippen LogP) is 1.49. The van der Waals surface area contributed by atoms with Crippen molar-refractivity contribution >= 4 is 17.7 Å². The Morgan fingerprint density at radius 1 is 1.50 bits per heavy atom. The molecule has 2 heterocycles. The average molecular weight is 244 g/mol. The molecule has 0 spiro atoms. The van der Waals surface area contributed by atoms with Gasteiger partial charge >= 0.3 is 5.97 Å². The number of hydrogen-bond acceptors (Lipinski definition) is 6. The van der Waals surface area contributed by atoms with Crippen molar-refractivity contribution in [3.05, 3.63) is 5.89 Å². The number of aliphatic carboxylic acids is 1. The van der Waals surface area contributed by atoms with Gasteiger partial charge in [-0.2, -0.15) is 0 Å². The Kier molecular flexibility index (Phi) is 3.79. The van der Waals surface area contributed by atoms with Crippen molar-refractivity contribution in [2.45, 2.75) is 30.6 Å². The zero-order valence-electron chi connectivity index (χ0n) is 8.59. The maximum Gasteiger partial charge on any atom is 0.314 e. The van der Waals surface area contributed by atoms with E-state index in [0.717, 1.165) is 31.0 Å². The molecule has 1 aromatic rings. The molecule has 7 heteroatoms. The molecule has 2 rings (SSSR count). The Hall–Kier alpha value is -1.08. The highest BCUT2D eigenvalue weighted by molar-refractivity contribution is 7.99. The van der Waals surface area contributed by atoms with Crippen LogP contribution in [-0.4, -0.2) is 33.6 Å². The molecule has 6 nitrogen and oxygen atoms in total. The number of nitrogens with zero attached hydrogens (tertiary/aromatic N) is 2. The maximum atomic E-state index is 10.3. The Bertz CT molecular complexity index is 362. The summed E-state index contributed by atoms with van der Waals surface area (Å²) in [5.41, 5.74) is 0. The first-order valence-electron chi connectivity index (χ1n) is 5.05. The predicted molar refractivity (Wildman–Crippen MR) is 55.2 cm³/mol. The summed E-state index contributed by atoms with van der Waals surface area (Å²) in [6.45, 7) is 0.713. The van der Waals surface area contributed by atoms with Crippen molar-refractivity contribution in [1.29, 1.82) is 0 Å². The van der Waals surface area contributed by atoms with E-state index in [1.54, 1.807) is 0 Å². The van der Waals surface area contributed by atoms with Crippen LogP contribution in [0.4, 0.5) is 0 Å². The van der Waals surface area contributed by atoms with Gasteiger partial charge in [0.15, 0.2) is 0 Å². The number of hydrogen-bond donors (Lipinski definition) is 1.